The monoisotopic (exact) mass is 892 g/mol. The van der Waals surface area contributed by atoms with Crippen LogP contribution < -0.4 is 14.9 Å². The quantitative estimate of drug-likeness (QED) is 0.0596. The predicted octanol–water partition coefficient (Wildman–Crippen LogP) is 9.51. The first-order valence-corrected chi connectivity index (χ1v) is 24.4. The van der Waals surface area contributed by atoms with Crippen LogP contribution in [0.15, 0.2) is 125 Å². The second kappa shape index (κ2) is 20.1. The topological polar surface area (TPSA) is 128 Å². The Balaban J connectivity index is 0.914. The minimum atomic E-state index is -4.44. The predicted molar refractivity (Wildman–Crippen MR) is 250 cm³/mol. The second-order valence-electron chi connectivity index (χ2n) is 16.5. The van der Waals surface area contributed by atoms with E-state index in [-0.39, 0.29) is 27.9 Å². The average Bonchev–Trinajstić information content (AvgIpc) is 3.57. The standard InChI is InChI=1S/C48H53ClN6O5S2/c49-39-18-14-35(15-19-39)44-13-7-6-10-38(44)32-53-28-29-54-41(33-53)20-16-36-30-37(17-23-46(36)54)48(56)51-62(59,60)43-21-22-45(47(31-43)55(57)58)50-40(34-61-42-11-4-3-5-12-42)24-27-52-25-8-1-2-9-26-52/h3-7,10-15,17-19,21-23,30-31,40-41,50H,1-2,8-9,16,20,24-29,32-34H2,(H,51,56)/t40-,41-/m1/s1. The molecule has 2 atom stereocenters. The summed E-state index contributed by atoms with van der Waals surface area (Å²) in [6.45, 7) is 6.39. The van der Waals surface area contributed by atoms with Crippen molar-refractivity contribution >= 4 is 56.4 Å². The van der Waals surface area contributed by atoms with Gasteiger partial charge in [0.25, 0.3) is 21.6 Å². The number of benzene rings is 5. The number of rotatable bonds is 15. The molecule has 11 nitrogen and oxygen atoms in total. The number of amides is 1. The van der Waals surface area contributed by atoms with Crippen LogP contribution in [0.1, 0.15) is 60.0 Å². The van der Waals surface area contributed by atoms with Crippen molar-refractivity contribution in [2.24, 2.45) is 0 Å². The Labute approximate surface area is 374 Å². The molecule has 324 valence electrons. The number of likely N-dealkylation sites (tertiary alicyclic amines) is 1. The molecule has 3 heterocycles. The molecule has 0 radical (unpaired) electrons. The van der Waals surface area contributed by atoms with Crippen molar-refractivity contribution in [1.29, 1.82) is 0 Å². The van der Waals surface area contributed by atoms with Crippen LogP contribution in [-0.4, -0.2) is 86.2 Å². The molecule has 0 unspecified atom stereocenters. The first-order chi connectivity index (χ1) is 30.1. The minimum Gasteiger partial charge on any atom is -0.376 e. The number of sulfonamides is 1. The average molecular weight is 894 g/mol. The highest BCUT2D eigenvalue weighted by atomic mass is 35.5. The molecule has 1 amide bonds. The van der Waals surface area contributed by atoms with Crippen LogP contribution >= 0.6 is 23.4 Å². The molecule has 2 fully saturated rings. The smallest absolute Gasteiger partial charge is 0.293 e. The number of piperazine rings is 1. The number of nitrogens with zero attached hydrogens (tertiary/aromatic N) is 4. The van der Waals surface area contributed by atoms with Crippen molar-refractivity contribution in [3.63, 3.8) is 0 Å². The van der Waals surface area contributed by atoms with Gasteiger partial charge in [0.2, 0.25) is 0 Å². The molecule has 62 heavy (non-hydrogen) atoms. The number of nitrogens with one attached hydrogen (secondary N) is 2. The van der Waals surface area contributed by atoms with Crippen LogP contribution in [0, 0.1) is 10.1 Å². The lowest BCUT2D eigenvalue weighted by atomic mass is 9.92. The Morgan fingerprint density at radius 3 is 2.39 bits per heavy atom. The Morgan fingerprint density at radius 1 is 0.855 bits per heavy atom. The summed E-state index contributed by atoms with van der Waals surface area (Å²) in [5.74, 6) is -0.112. The van der Waals surface area contributed by atoms with Crippen LogP contribution in [-0.2, 0) is 23.0 Å². The highest BCUT2D eigenvalue weighted by Gasteiger charge is 2.33. The number of hydrogen-bond acceptors (Lipinski definition) is 10. The molecule has 3 aliphatic heterocycles. The van der Waals surface area contributed by atoms with Crippen LogP contribution in [0.5, 0.6) is 0 Å². The SMILES string of the molecule is O=C(NS(=O)(=O)c1ccc(N[C@H](CCN2CCCCCC2)CSc2ccccc2)c([N+](=O)[O-])c1)c1ccc2c(c1)CC[C@@H]1CN(Cc3ccccc3-c3ccc(Cl)cc3)CCN21. The third kappa shape index (κ3) is 10.8. The number of hydrogen-bond donors (Lipinski definition) is 2. The Bertz CT molecular complexity index is 2470. The molecule has 0 aromatic heterocycles. The fourth-order valence-electron chi connectivity index (χ4n) is 8.99. The zero-order valence-electron chi connectivity index (χ0n) is 34.8. The molecule has 0 spiro atoms. The molecule has 5 aromatic rings. The van der Waals surface area contributed by atoms with Crippen LogP contribution in [0.2, 0.25) is 5.02 Å². The van der Waals surface area contributed by atoms with Gasteiger partial charge in [-0.2, -0.15) is 0 Å². The van der Waals surface area contributed by atoms with E-state index in [0.29, 0.717) is 16.8 Å². The van der Waals surface area contributed by atoms with Gasteiger partial charge in [-0.25, -0.2) is 13.1 Å². The Kier molecular flexibility index (Phi) is 14.1. The summed E-state index contributed by atoms with van der Waals surface area (Å²) in [6, 6.07) is 35.8. The maximum atomic E-state index is 13.6. The zero-order valence-corrected chi connectivity index (χ0v) is 37.1. The summed E-state index contributed by atoms with van der Waals surface area (Å²) in [5.41, 5.74) is 5.77. The van der Waals surface area contributed by atoms with Gasteiger partial charge in [0.05, 0.1) is 9.82 Å². The van der Waals surface area contributed by atoms with Gasteiger partial charge in [-0.15, -0.1) is 11.8 Å². The summed E-state index contributed by atoms with van der Waals surface area (Å²) in [7, 11) is -4.44. The van der Waals surface area contributed by atoms with Gasteiger partial charge in [0.15, 0.2) is 0 Å². The number of fused-ring (bicyclic) bond motifs is 3. The largest absolute Gasteiger partial charge is 0.376 e. The number of nitro groups is 1. The van der Waals surface area contributed by atoms with E-state index in [1.165, 1.54) is 48.9 Å². The molecule has 0 saturated carbocycles. The highest BCUT2D eigenvalue weighted by molar-refractivity contribution is 7.99. The maximum absolute atomic E-state index is 13.6. The fraction of sp³-hybridized carbons (Fsp3) is 0.354. The number of halogens is 1. The molecule has 5 aromatic carbocycles. The highest BCUT2D eigenvalue weighted by Crippen LogP contribution is 2.35. The van der Waals surface area contributed by atoms with Gasteiger partial charge in [0.1, 0.15) is 5.69 Å². The summed E-state index contributed by atoms with van der Waals surface area (Å²) in [4.78, 5) is 33.5. The van der Waals surface area contributed by atoms with Crippen molar-refractivity contribution in [3.8, 4) is 11.1 Å². The summed E-state index contributed by atoms with van der Waals surface area (Å²) in [5, 5.41) is 16.5. The lowest BCUT2D eigenvalue weighted by Crippen LogP contribution is -2.54. The zero-order chi connectivity index (χ0) is 43.1. The molecule has 14 heteroatoms. The van der Waals surface area contributed by atoms with Crippen LogP contribution in [0.3, 0.4) is 0 Å². The van der Waals surface area contributed by atoms with Gasteiger partial charge in [-0.3, -0.25) is 19.8 Å². The van der Waals surface area contributed by atoms with Crippen molar-refractivity contribution < 1.29 is 18.1 Å². The van der Waals surface area contributed by atoms with Gasteiger partial charge in [-0.05, 0) is 122 Å². The van der Waals surface area contributed by atoms with E-state index >= 15 is 0 Å². The Hall–Kier alpha value is -4.92. The summed E-state index contributed by atoms with van der Waals surface area (Å²) < 4.78 is 29.5. The number of aryl methyl sites for hydroxylation is 1. The van der Waals surface area contributed by atoms with Crippen molar-refractivity contribution in [2.45, 2.75) is 73.4 Å². The lowest BCUT2D eigenvalue weighted by Gasteiger charge is -2.46. The van der Waals surface area contributed by atoms with Gasteiger partial charge in [-0.1, -0.05) is 79.0 Å². The molecule has 8 rings (SSSR count). The van der Waals surface area contributed by atoms with Crippen molar-refractivity contribution in [3.05, 3.63) is 147 Å². The Morgan fingerprint density at radius 2 is 1.61 bits per heavy atom. The number of thioether (sulfide) groups is 1. The molecule has 3 aliphatic rings. The first-order valence-electron chi connectivity index (χ1n) is 21.6. The number of anilines is 2. The maximum Gasteiger partial charge on any atom is 0.293 e. The number of carbonyl (C=O) groups is 1. The molecule has 0 aliphatic carbocycles. The number of nitro benzene ring substituents is 1. The lowest BCUT2D eigenvalue weighted by molar-refractivity contribution is -0.384. The van der Waals surface area contributed by atoms with Gasteiger partial charge < -0.3 is 15.1 Å². The van der Waals surface area contributed by atoms with E-state index < -0.39 is 20.9 Å². The summed E-state index contributed by atoms with van der Waals surface area (Å²) >= 11 is 7.84. The molecule has 2 N–H and O–H groups in total. The van der Waals surface area contributed by atoms with E-state index in [1.807, 2.05) is 48.5 Å². The van der Waals surface area contributed by atoms with E-state index in [0.717, 1.165) is 92.9 Å². The molecular formula is C48H53ClN6O5S2. The van der Waals surface area contributed by atoms with E-state index in [9.17, 15) is 23.3 Å². The minimum absolute atomic E-state index is 0.115. The number of carbonyl (C=O) groups excluding carboxylic acids is 1. The van der Waals surface area contributed by atoms with Crippen molar-refractivity contribution in [2.75, 3.05) is 55.2 Å². The van der Waals surface area contributed by atoms with E-state index in [4.69, 9.17) is 11.6 Å². The molecular weight excluding hydrogens is 840 g/mol. The third-order valence-corrected chi connectivity index (χ3v) is 15.0. The normalized spacial score (nSPS) is 17.6. The summed E-state index contributed by atoms with van der Waals surface area (Å²) in [6.07, 6.45) is 7.24. The fourth-order valence-corrected chi connectivity index (χ4v) is 11.1. The first kappa shape index (κ1) is 43.7. The van der Waals surface area contributed by atoms with E-state index in [1.54, 1.807) is 23.9 Å². The molecule has 2 saturated heterocycles. The molecule has 0 bridgehead atoms. The van der Waals surface area contributed by atoms with Crippen LogP contribution in [0.25, 0.3) is 11.1 Å². The van der Waals surface area contributed by atoms with Gasteiger partial charge in [0, 0.05) is 77.8 Å². The second-order valence-corrected chi connectivity index (χ2v) is 19.7. The van der Waals surface area contributed by atoms with Crippen molar-refractivity contribution in [1.82, 2.24) is 14.5 Å². The van der Waals surface area contributed by atoms with Gasteiger partial charge >= 0.3 is 0 Å². The van der Waals surface area contributed by atoms with Crippen LogP contribution in [0.4, 0.5) is 17.1 Å². The van der Waals surface area contributed by atoms with E-state index in [2.05, 4.69) is 61.1 Å². The third-order valence-electron chi connectivity index (χ3n) is 12.3.